The Hall–Kier alpha value is -4.45. The lowest BCUT2D eigenvalue weighted by Gasteiger charge is -2.25. The lowest BCUT2D eigenvalue weighted by atomic mass is 10.0. The molecule has 0 saturated carbocycles. The van der Waals surface area contributed by atoms with E-state index in [2.05, 4.69) is 21.3 Å². The van der Waals surface area contributed by atoms with E-state index in [9.17, 15) is 34.2 Å². The van der Waals surface area contributed by atoms with Crippen LogP contribution in [0.3, 0.4) is 0 Å². The topological polar surface area (TPSA) is 200 Å². The Balaban J connectivity index is 1.82. The quantitative estimate of drug-likeness (QED) is 0.174. The van der Waals surface area contributed by atoms with Crippen LogP contribution in [0.5, 0.6) is 5.75 Å². The Morgan fingerprint density at radius 1 is 0.846 bits per heavy atom. The molecule has 8 N–H and O–H groups in total. The fourth-order valence-corrected chi connectivity index (χ4v) is 4.26. The maximum Gasteiger partial charge on any atom is 0.326 e. The Bertz CT molecular complexity index is 1170. The Morgan fingerprint density at radius 2 is 1.41 bits per heavy atom. The van der Waals surface area contributed by atoms with E-state index in [0.717, 1.165) is 6.42 Å². The number of aliphatic carboxylic acids is 1. The summed E-state index contributed by atoms with van der Waals surface area (Å²) < 4.78 is 0. The summed E-state index contributed by atoms with van der Waals surface area (Å²) in [6.07, 6.45) is 0.910. The number of rotatable bonds is 13. The highest BCUT2D eigenvalue weighted by molar-refractivity contribution is 5.95. The summed E-state index contributed by atoms with van der Waals surface area (Å²) in [6.45, 7) is 0.683. The molecule has 1 aliphatic rings. The molecule has 0 aromatic heterocycles. The molecule has 12 heteroatoms. The molecule has 4 unspecified atom stereocenters. The van der Waals surface area contributed by atoms with Gasteiger partial charge in [0.05, 0.1) is 12.5 Å². The van der Waals surface area contributed by atoms with E-state index < -0.39 is 54.3 Å². The number of carboxylic acids is 1. The first-order valence-corrected chi connectivity index (χ1v) is 12.6. The third-order valence-corrected chi connectivity index (χ3v) is 6.32. The summed E-state index contributed by atoms with van der Waals surface area (Å²) in [6, 6.07) is 10.6. The zero-order valence-corrected chi connectivity index (χ0v) is 21.3. The van der Waals surface area contributed by atoms with Crippen LogP contribution >= 0.6 is 0 Å². The Morgan fingerprint density at radius 3 is 1.95 bits per heavy atom. The number of hydrogen-bond donors (Lipinski definition) is 7. The van der Waals surface area contributed by atoms with Crippen molar-refractivity contribution in [3.8, 4) is 5.75 Å². The van der Waals surface area contributed by atoms with E-state index >= 15 is 0 Å². The molecule has 0 radical (unpaired) electrons. The Kier molecular flexibility index (Phi) is 10.4. The molecule has 1 heterocycles. The van der Waals surface area contributed by atoms with E-state index in [-0.39, 0.29) is 24.5 Å². The average molecular weight is 540 g/mol. The van der Waals surface area contributed by atoms with Gasteiger partial charge in [-0.1, -0.05) is 42.5 Å². The summed E-state index contributed by atoms with van der Waals surface area (Å²) in [5.41, 5.74) is 6.47. The van der Waals surface area contributed by atoms with Crippen molar-refractivity contribution in [3.63, 3.8) is 0 Å². The molecule has 1 fully saturated rings. The van der Waals surface area contributed by atoms with Crippen LogP contribution in [-0.4, -0.2) is 70.5 Å². The first kappa shape index (κ1) is 29.1. The highest BCUT2D eigenvalue weighted by atomic mass is 16.4. The van der Waals surface area contributed by atoms with Crippen LogP contribution in [0.15, 0.2) is 54.6 Å². The second-order valence-corrected chi connectivity index (χ2v) is 9.40. The van der Waals surface area contributed by atoms with Gasteiger partial charge in [0.1, 0.15) is 23.9 Å². The normalized spacial score (nSPS) is 16.9. The first-order valence-electron chi connectivity index (χ1n) is 12.6. The number of aromatic hydroxyl groups is 1. The van der Waals surface area contributed by atoms with Gasteiger partial charge < -0.3 is 37.2 Å². The van der Waals surface area contributed by atoms with Crippen molar-refractivity contribution in [1.29, 1.82) is 0 Å². The average Bonchev–Trinajstić information content (AvgIpc) is 3.44. The summed E-state index contributed by atoms with van der Waals surface area (Å²) >= 11 is 0. The Labute approximate surface area is 225 Å². The smallest absolute Gasteiger partial charge is 0.326 e. The molecule has 208 valence electrons. The summed E-state index contributed by atoms with van der Waals surface area (Å²) in [4.78, 5) is 62.4. The monoisotopic (exact) mass is 539 g/mol. The number of carbonyl (C=O) groups is 5. The number of amides is 4. The second kappa shape index (κ2) is 13.9. The molecule has 1 saturated heterocycles. The maximum atomic E-state index is 13.5. The minimum atomic E-state index is -1.58. The molecule has 3 rings (SSSR count). The fraction of sp³-hybridized carbons (Fsp3) is 0.370. The van der Waals surface area contributed by atoms with Crippen molar-refractivity contribution >= 4 is 29.6 Å². The predicted octanol–water partition coefficient (Wildman–Crippen LogP) is -0.656. The molecule has 12 nitrogen and oxygen atoms in total. The van der Waals surface area contributed by atoms with E-state index in [1.54, 1.807) is 42.5 Å². The van der Waals surface area contributed by atoms with Crippen molar-refractivity contribution in [2.45, 2.75) is 56.3 Å². The van der Waals surface area contributed by atoms with E-state index in [4.69, 9.17) is 5.73 Å². The molecular formula is C27H33N5O7. The summed E-state index contributed by atoms with van der Waals surface area (Å²) in [5, 5.41) is 29.8. The van der Waals surface area contributed by atoms with Crippen LogP contribution in [0.25, 0.3) is 0 Å². The van der Waals surface area contributed by atoms with Crippen LogP contribution in [-0.2, 0) is 36.8 Å². The van der Waals surface area contributed by atoms with Gasteiger partial charge >= 0.3 is 5.97 Å². The second-order valence-electron chi connectivity index (χ2n) is 9.40. The highest BCUT2D eigenvalue weighted by Gasteiger charge is 2.32. The third-order valence-electron chi connectivity index (χ3n) is 6.32. The van der Waals surface area contributed by atoms with Crippen LogP contribution in [0.1, 0.15) is 30.4 Å². The van der Waals surface area contributed by atoms with Gasteiger partial charge in [0, 0.05) is 12.8 Å². The van der Waals surface area contributed by atoms with Gasteiger partial charge in [-0.15, -0.1) is 0 Å². The van der Waals surface area contributed by atoms with Crippen LogP contribution < -0.4 is 27.0 Å². The minimum absolute atomic E-state index is 0.0192. The number of hydrogen-bond acceptors (Lipinski definition) is 7. The number of nitrogens with two attached hydrogens (primary N) is 1. The molecule has 0 spiro atoms. The summed E-state index contributed by atoms with van der Waals surface area (Å²) in [5.74, 6) is -4.16. The highest BCUT2D eigenvalue weighted by Crippen LogP contribution is 2.13. The van der Waals surface area contributed by atoms with Crippen molar-refractivity contribution < 1.29 is 34.2 Å². The van der Waals surface area contributed by atoms with Gasteiger partial charge in [-0.2, -0.15) is 0 Å². The molecule has 0 bridgehead atoms. The lowest BCUT2D eigenvalue weighted by Crippen LogP contribution is -2.58. The lowest BCUT2D eigenvalue weighted by molar-refractivity contribution is -0.143. The van der Waals surface area contributed by atoms with Crippen molar-refractivity contribution in [3.05, 3.63) is 65.7 Å². The molecule has 4 amide bonds. The van der Waals surface area contributed by atoms with E-state index in [1.807, 2.05) is 0 Å². The molecular weight excluding hydrogens is 506 g/mol. The van der Waals surface area contributed by atoms with Gasteiger partial charge in [0.15, 0.2) is 0 Å². The SMILES string of the molecule is NC(=O)CC(NC(=O)C(Cc1ccccc1)NC(=O)C(Cc1ccc(O)cc1)NC(=O)C1CCCN1)C(=O)O. The van der Waals surface area contributed by atoms with Gasteiger partial charge in [0.25, 0.3) is 0 Å². The largest absolute Gasteiger partial charge is 0.508 e. The molecule has 2 aromatic rings. The maximum absolute atomic E-state index is 13.5. The summed E-state index contributed by atoms with van der Waals surface area (Å²) in [7, 11) is 0. The van der Waals surface area contributed by atoms with E-state index in [0.29, 0.717) is 24.1 Å². The van der Waals surface area contributed by atoms with Gasteiger partial charge in [-0.3, -0.25) is 19.2 Å². The standard InChI is InChI=1S/C27H33N5O7/c28-23(34)15-22(27(38)39)32-26(37)20(13-16-5-2-1-3-6-16)31-25(36)21(14-17-8-10-18(33)11-9-17)30-24(35)19-7-4-12-29-19/h1-3,5-6,8-11,19-22,29,33H,4,7,12-15H2,(H2,28,34)(H,30,35)(H,31,36)(H,32,37)(H,38,39). The predicted molar refractivity (Wildman–Crippen MR) is 140 cm³/mol. The van der Waals surface area contributed by atoms with Gasteiger partial charge in [-0.05, 0) is 42.6 Å². The van der Waals surface area contributed by atoms with Gasteiger partial charge in [-0.25, -0.2) is 4.79 Å². The number of phenolic OH excluding ortho intramolecular Hbond substituents is 1. The number of carboxylic acid groups (broad SMARTS) is 1. The van der Waals surface area contributed by atoms with Crippen molar-refractivity contribution in [1.82, 2.24) is 21.3 Å². The number of phenols is 1. The fourth-order valence-electron chi connectivity index (χ4n) is 4.26. The molecule has 2 aromatic carbocycles. The van der Waals surface area contributed by atoms with E-state index in [1.165, 1.54) is 12.1 Å². The van der Waals surface area contributed by atoms with Crippen LogP contribution in [0.4, 0.5) is 0 Å². The minimum Gasteiger partial charge on any atom is -0.508 e. The number of benzene rings is 2. The molecule has 4 atom stereocenters. The molecule has 0 aliphatic carbocycles. The number of carbonyl (C=O) groups excluding carboxylic acids is 4. The zero-order valence-electron chi connectivity index (χ0n) is 21.3. The van der Waals surface area contributed by atoms with Crippen molar-refractivity contribution in [2.24, 2.45) is 5.73 Å². The van der Waals surface area contributed by atoms with Crippen LogP contribution in [0, 0.1) is 0 Å². The zero-order chi connectivity index (χ0) is 28.4. The molecule has 39 heavy (non-hydrogen) atoms. The van der Waals surface area contributed by atoms with Crippen LogP contribution in [0.2, 0.25) is 0 Å². The van der Waals surface area contributed by atoms with Crippen molar-refractivity contribution in [2.75, 3.05) is 6.54 Å². The number of nitrogens with one attached hydrogen (secondary N) is 4. The third kappa shape index (κ3) is 9.11. The van der Waals surface area contributed by atoms with Gasteiger partial charge in [0.2, 0.25) is 23.6 Å². The molecule has 1 aliphatic heterocycles. The number of primary amides is 1. The first-order chi connectivity index (χ1) is 18.6.